The van der Waals surface area contributed by atoms with E-state index in [9.17, 15) is 4.79 Å². The van der Waals surface area contributed by atoms with E-state index in [0.717, 1.165) is 16.5 Å². The molecule has 5 nitrogen and oxygen atoms in total. The van der Waals surface area contributed by atoms with E-state index in [1.165, 1.54) is 18.4 Å². The summed E-state index contributed by atoms with van der Waals surface area (Å²) in [6.45, 7) is 0. The SMILES string of the molecule is COC(=O)CCSCc1nnc(N)s1. The number of nitrogens with two attached hydrogens (primary N) is 1. The molecule has 1 heterocycles. The van der Waals surface area contributed by atoms with Gasteiger partial charge in [0.25, 0.3) is 0 Å². The molecule has 7 heteroatoms. The molecule has 1 aromatic rings. The Morgan fingerprint density at radius 1 is 1.64 bits per heavy atom. The first-order chi connectivity index (χ1) is 6.72. The van der Waals surface area contributed by atoms with Gasteiger partial charge in [0.1, 0.15) is 5.01 Å². The Hall–Kier alpha value is -0.820. The average Bonchev–Trinajstić information content (AvgIpc) is 2.58. The molecule has 0 aliphatic heterocycles. The van der Waals surface area contributed by atoms with Gasteiger partial charge >= 0.3 is 5.97 Å². The molecule has 0 fully saturated rings. The predicted molar refractivity (Wildman–Crippen MR) is 57.1 cm³/mol. The number of carbonyl (C=O) groups is 1. The van der Waals surface area contributed by atoms with E-state index in [0.29, 0.717) is 11.6 Å². The first-order valence-electron chi connectivity index (χ1n) is 3.95. The van der Waals surface area contributed by atoms with E-state index in [1.54, 1.807) is 11.8 Å². The second kappa shape index (κ2) is 5.82. The zero-order chi connectivity index (χ0) is 10.4. The number of nitrogen functional groups attached to an aromatic ring is 1. The number of methoxy groups -OCH3 is 1. The van der Waals surface area contributed by atoms with Crippen molar-refractivity contribution in [3.63, 3.8) is 0 Å². The molecule has 0 amide bonds. The first-order valence-corrected chi connectivity index (χ1v) is 5.92. The normalized spacial score (nSPS) is 10.1. The van der Waals surface area contributed by atoms with Gasteiger partial charge in [-0.2, -0.15) is 11.8 Å². The molecule has 0 unspecified atom stereocenters. The van der Waals surface area contributed by atoms with E-state index in [1.807, 2.05) is 0 Å². The number of nitrogens with zero attached hydrogens (tertiary/aromatic N) is 2. The van der Waals surface area contributed by atoms with Gasteiger partial charge in [-0.3, -0.25) is 4.79 Å². The molecule has 0 saturated carbocycles. The fourth-order valence-corrected chi connectivity index (χ4v) is 2.32. The van der Waals surface area contributed by atoms with Gasteiger partial charge in [0.15, 0.2) is 0 Å². The first kappa shape index (κ1) is 11.3. The van der Waals surface area contributed by atoms with Gasteiger partial charge in [0.2, 0.25) is 5.13 Å². The summed E-state index contributed by atoms with van der Waals surface area (Å²) in [4.78, 5) is 10.7. The molecule has 2 N–H and O–H groups in total. The maximum Gasteiger partial charge on any atom is 0.306 e. The summed E-state index contributed by atoms with van der Waals surface area (Å²) in [5, 5.41) is 8.91. The topological polar surface area (TPSA) is 78.1 Å². The zero-order valence-electron chi connectivity index (χ0n) is 7.73. The Bertz CT molecular complexity index is 303. The fraction of sp³-hybridized carbons (Fsp3) is 0.571. The number of aromatic nitrogens is 2. The number of hydrogen-bond acceptors (Lipinski definition) is 7. The third kappa shape index (κ3) is 3.93. The summed E-state index contributed by atoms with van der Waals surface area (Å²) in [6, 6.07) is 0. The molecule has 0 aromatic carbocycles. The van der Waals surface area contributed by atoms with Gasteiger partial charge in [0.05, 0.1) is 13.5 Å². The monoisotopic (exact) mass is 233 g/mol. The van der Waals surface area contributed by atoms with Crippen LogP contribution in [0.3, 0.4) is 0 Å². The lowest BCUT2D eigenvalue weighted by atomic mass is 10.5. The number of rotatable bonds is 5. The van der Waals surface area contributed by atoms with Crippen molar-refractivity contribution in [2.24, 2.45) is 0 Å². The zero-order valence-corrected chi connectivity index (χ0v) is 9.36. The Balaban J connectivity index is 2.13. The minimum atomic E-state index is -0.186. The quantitative estimate of drug-likeness (QED) is 0.602. The molecular weight excluding hydrogens is 222 g/mol. The highest BCUT2D eigenvalue weighted by Crippen LogP contribution is 2.18. The predicted octanol–water partition coefficient (Wildman–Crippen LogP) is 0.917. The van der Waals surface area contributed by atoms with E-state index in [-0.39, 0.29) is 5.97 Å². The molecule has 0 radical (unpaired) electrons. The van der Waals surface area contributed by atoms with Crippen molar-refractivity contribution in [1.29, 1.82) is 0 Å². The Morgan fingerprint density at radius 2 is 2.43 bits per heavy atom. The smallest absolute Gasteiger partial charge is 0.306 e. The Kier molecular flexibility index (Phi) is 4.68. The fourth-order valence-electron chi connectivity index (χ4n) is 0.742. The van der Waals surface area contributed by atoms with Crippen molar-refractivity contribution >= 4 is 34.2 Å². The van der Waals surface area contributed by atoms with Crippen LogP contribution in [-0.4, -0.2) is 29.0 Å². The van der Waals surface area contributed by atoms with Crippen molar-refractivity contribution in [2.45, 2.75) is 12.2 Å². The van der Waals surface area contributed by atoms with Crippen molar-refractivity contribution < 1.29 is 9.53 Å². The van der Waals surface area contributed by atoms with E-state index in [2.05, 4.69) is 14.9 Å². The molecule has 0 saturated heterocycles. The van der Waals surface area contributed by atoms with Crippen LogP contribution in [0.15, 0.2) is 0 Å². The summed E-state index contributed by atoms with van der Waals surface area (Å²) < 4.78 is 4.51. The number of carbonyl (C=O) groups excluding carboxylic acids is 1. The minimum absolute atomic E-state index is 0.186. The second-order valence-electron chi connectivity index (χ2n) is 2.41. The Morgan fingerprint density at radius 3 is 3.00 bits per heavy atom. The standard InChI is InChI=1S/C7H11N3O2S2/c1-12-6(11)2-3-13-4-5-9-10-7(8)14-5/h2-4H2,1H3,(H2,8,10). The number of hydrogen-bond donors (Lipinski definition) is 1. The van der Waals surface area contributed by atoms with E-state index < -0.39 is 0 Å². The second-order valence-corrected chi connectivity index (χ2v) is 4.61. The number of anilines is 1. The highest BCUT2D eigenvalue weighted by molar-refractivity contribution is 7.98. The maximum atomic E-state index is 10.7. The lowest BCUT2D eigenvalue weighted by molar-refractivity contribution is -0.140. The molecule has 78 valence electrons. The lowest BCUT2D eigenvalue weighted by Crippen LogP contribution is -2.01. The van der Waals surface area contributed by atoms with Crippen LogP contribution >= 0.6 is 23.1 Å². The van der Waals surface area contributed by atoms with Crippen LogP contribution in [0.5, 0.6) is 0 Å². The molecular formula is C7H11N3O2S2. The largest absolute Gasteiger partial charge is 0.469 e. The van der Waals surface area contributed by atoms with Crippen molar-refractivity contribution in [3.8, 4) is 0 Å². The number of esters is 1. The van der Waals surface area contributed by atoms with Crippen LogP contribution in [0.2, 0.25) is 0 Å². The van der Waals surface area contributed by atoms with Crippen LogP contribution in [0.25, 0.3) is 0 Å². The van der Waals surface area contributed by atoms with E-state index >= 15 is 0 Å². The van der Waals surface area contributed by atoms with Crippen LogP contribution in [-0.2, 0) is 15.3 Å². The van der Waals surface area contributed by atoms with Crippen molar-refractivity contribution in [1.82, 2.24) is 10.2 Å². The van der Waals surface area contributed by atoms with Crippen molar-refractivity contribution in [3.05, 3.63) is 5.01 Å². The summed E-state index contributed by atoms with van der Waals surface area (Å²) in [7, 11) is 1.39. The Labute approximate surface area is 90.0 Å². The van der Waals surface area contributed by atoms with Gasteiger partial charge in [-0.15, -0.1) is 10.2 Å². The summed E-state index contributed by atoms with van der Waals surface area (Å²) in [5.41, 5.74) is 5.41. The molecule has 0 spiro atoms. The van der Waals surface area contributed by atoms with Gasteiger partial charge in [0, 0.05) is 11.5 Å². The van der Waals surface area contributed by atoms with Crippen LogP contribution in [0.1, 0.15) is 11.4 Å². The molecule has 1 rings (SSSR count). The molecule has 1 aromatic heterocycles. The molecule has 0 bridgehead atoms. The third-order valence-corrected chi connectivity index (χ3v) is 3.29. The van der Waals surface area contributed by atoms with Gasteiger partial charge in [-0.1, -0.05) is 11.3 Å². The highest BCUT2D eigenvalue weighted by atomic mass is 32.2. The van der Waals surface area contributed by atoms with Crippen LogP contribution < -0.4 is 5.73 Å². The summed E-state index contributed by atoms with van der Waals surface area (Å²) in [5.74, 6) is 1.28. The minimum Gasteiger partial charge on any atom is -0.469 e. The summed E-state index contributed by atoms with van der Waals surface area (Å²) >= 11 is 2.99. The third-order valence-electron chi connectivity index (χ3n) is 1.39. The average molecular weight is 233 g/mol. The maximum absolute atomic E-state index is 10.7. The van der Waals surface area contributed by atoms with Crippen molar-refractivity contribution in [2.75, 3.05) is 18.6 Å². The highest BCUT2D eigenvalue weighted by Gasteiger charge is 2.03. The van der Waals surface area contributed by atoms with Gasteiger partial charge in [-0.25, -0.2) is 0 Å². The molecule has 0 aliphatic carbocycles. The van der Waals surface area contributed by atoms with Crippen LogP contribution in [0, 0.1) is 0 Å². The molecule has 0 aliphatic rings. The van der Waals surface area contributed by atoms with Crippen LogP contribution in [0.4, 0.5) is 5.13 Å². The lowest BCUT2D eigenvalue weighted by Gasteiger charge is -1.97. The van der Waals surface area contributed by atoms with Gasteiger partial charge < -0.3 is 10.5 Å². The molecule has 0 atom stereocenters. The molecule has 14 heavy (non-hydrogen) atoms. The number of thioether (sulfide) groups is 1. The van der Waals surface area contributed by atoms with E-state index in [4.69, 9.17) is 5.73 Å². The van der Waals surface area contributed by atoms with Gasteiger partial charge in [-0.05, 0) is 0 Å². The summed E-state index contributed by atoms with van der Waals surface area (Å²) in [6.07, 6.45) is 0.426. The number of ether oxygens (including phenoxy) is 1.